The van der Waals surface area contributed by atoms with E-state index in [2.05, 4.69) is 0 Å². The fourth-order valence-electron chi connectivity index (χ4n) is 4.49. The van der Waals surface area contributed by atoms with Crippen molar-refractivity contribution in [3.05, 3.63) is 53.1 Å². The predicted octanol–water partition coefficient (Wildman–Crippen LogP) is 3.42. The molecule has 0 aliphatic carbocycles. The molecule has 0 spiro atoms. The Labute approximate surface area is 182 Å². The highest BCUT2D eigenvalue weighted by atomic mass is 16.5. The van der Waals surface area contributed by atoms with Crippen LogP contribution in [0.1, 0.15) is 46.8 Å². The summed E-state index contributed by atoms with van der Waals surface area (Å²) in [5.74, 6) is 1.47. The highest BCUT2D eigenvalue weighted by molar-refractivity contribution is 5.99. The summed E-state index contributed by atoms with van der Waals surface area (Å²) in [5, 5.41) is 0. The predicted molar refractivity (Wildman–Crippen MR) is 116 cm³/mol. The summed E-state index contributed by atoms with van der Waals surface area (Å²) in [6.07, 6.45) is 2.25. The van der Waals surface area contributed by atoms with Crippen LogP contribution in [-0.4, -0.2) is 56.0 Å². The van der Waals surface area contributed by atoms with Crippen LogP contribution in [0.15, 0.2) is 36.4 Å². The lowest BCUT2D eigenvalue weighted by atomic mass is 10.00. The Morgan fingerprint density at radius 3 is 2.23 bits per heavy atom. The van der Waals surface area contributed by atoms with Gasteiger partial charge in [-0.2, -0.15) is 0 Å². The molecular formula is C24H28N2O5. The van der Waals surface area contributed by atoms with Crippen LogP contribution in [0.4, 0.5) is 0 Å². The lowest BCUT2D eigenvalue weighted by molar-refractivity contribution is -0.131. The number of carbonyl (C=O) groups is 2. The molecule has 0 bridgehead atoms. The first-order valence-corrected chi connectivity index (χ1v) is 10.5. The van der Waals surface area contributed by atoms with Gasteiger partial charge in [0, 0.05) is 25.2 Å². The van der Waals surface area contributed by atoms with Gasteiger partial charge in [-0.1, -0.05) is 18.2 Å². The second-order valence-electron chi connectivity index (χ2n) is 7.86. The monoisotopic (exact) mass is 424 g/mol. The van der Waals surface area contributed by atoms with Crippen LogP contribution in [0.2, 0.25) is 0 Å². The molecule has 31 heavy (non-hydrogen) atoms. The van der Waals surface area contributed by atoms with E-state index in [-0.39, 0.29) is 18.2 Å². The minimum absolute atomic E-state index is 0.0556. The molecule has 2 aromatic carbocycles. The normalized spacial score (nSPS) is 16.3. The third-order valence-corrected chi connectivity index (χ3v) is 6.12. The Hall–Kier alpha value is -3.22. The molecule has 1 saturated heterocycles. The van der Waals surface area contributed by atoms with Crippen LogP contribution in [0.25, 0.3) is 0 Å². The van der Waals surface area contributed by atoms with E-state index in [0.717, 1.165) is 37.1 Å². The maximum absolute atomic E-state index is 13.3. The van der Waals surface area contributed by atoms with Gasteiger partial charge in [0.25, 0.3) is 5.91 Å². The minimum Gasteiger partial charge on any atom is -0.493 e. The molecule has 1 fully saturated rings. The molecule has 1 atom stereocenters. The van der Waals surface area contributed by atoms with E-state index in [1.165, 1.54) is 0 Å². The van der Waals surface area contributed by atoms with Crippen molar-refractivity contribution >= 4 is 11.8 Å². The number of nitrogens with zero attached hydrogens (tertiary/aromatic N) is 2. The third kappa shape index (κ3) is 3.92. The van der Waals surface area contributed by atoms with Crippen LogP contribution < -0.4 is 14.2 Å². The molecular weight excluding hydrogens is 396 g/mol. The minimum atomic E-state index is -0.443. The van der Waals surface area contributed by atoms with Crippen molar-refractivity contribution in [3.8, 4) is 17.2 Å². The number of benzene rings is 2. The van der Waals surface area contributed by atoms with Crippen molar-refractivity contribution in [2.45, 2.75) is 31.8 Å². The average Bonchev–Trinajstić information content (AvgIpc) is 3.45. The fourth-order valence-corrected chi connectivity index (χ4v) is 4.49. The first-order valence-electron chi connectivity index (χ1n) is 10.5. The summed E-state index contributed by atoms with van der Waals surface area (Å²) >= 11 is 0. The molecule has 2 heterocycles. The summed E-state index contributed by atoms with van der Waals surface area (Å²) < 4.78 is 16.5. The topological polar surface area (TPSA) is 68.3 Å². The quantitative estimate of drug-likeness (QED) is 0.681. The van der Waals surface area contributed by atoms with Crippen molar-refractivity contribution in [3.63, 3.8) is 0 Å². The number of carbonyl (C=O) groups excluding carboxylic acids is 2. The van der Waals surface area contributed by atoms with Crippen molar-refractivity contribution in [1.29, 1.82) is 0 Å². The number of fused-ring (bicyclic) bond motifs is 1. The second kappa shape index (κ2) is 8.88. The van der Waals surface area contributed by atoms with E-state index < -0.39 is 6.04 Å². The summed E-state index contributed by atoms with van der Waals surface area (Å²) in [6.45, 7) is 2.01. The van der Waals surface area contributed by atoms with E-state index in [4.69, 9.17) is 14.2 Å². The third-order valence-electron chi connectivity index (χ3n) is 6.12. The zero-order valence-electron chi connectivity index (χ0n) is 18.2. The van der Waals surface area contributed by atoms with Gasteiger partial charge < -0.3 is 24.0 Å². The van der Waals surface area contributed by atoms with Crippen molar-refractivity contribution < 1.29 is 23.8 Å². The van der Waals surface area contributed by atoms with Crippen LogP contribution in [-0.2, 0) is 11.3 Å². The maximum Gasteiger partial charge on any atom is 0.255 e. The highest BCUT2D eigenvalue weighted by Gasteiger charge is 2.36. The van der Waals surface area contributed by atoms with Gasteiger partial charge in [0.1, 0.15) is 0 Å². The molecule has 2 aliphatic rings. The fraction of sp³-hybridized carbons (Fsp3) is 0.417. The number of hydrogen-bond acceptors (Lipinski definition) is 5. The molecule has 2 aliphatic heterocycles. The van der Waals surface area contributed by atoms with Gasteiger partial charge in [0.2, 0.25) is 11.7 Å². The molecule has 2 aromatic rings. The molecule has 7 nitrogen and oxygen atoms in total. The SMILES string of the molecule is COc1cc([C@@H](CC(=O)N2CCCC2)N2Cc3ccccc3C2=O)cc(OC)c1OC. The maximum atomic E-state index is 13.3. The first kappa shape index (κ1) is 21.0. The van der Waals surface area contributed by atoms with E-state index in [9.17, 15) is 9.59 Å². The van der Waals surface area contributed by atoms with Gasteiger partial charge in [0.05, 0.1) is 33.8 Å². The van der Waals surface area contributed by atoms with Gasteiger partial charge >= 0.3 is 0 Å². The Balaban J connectivity index is 1.74. The number of likely N-dealkylation sites (tertiary alicyclic amines) is 1. The van der Waals surface area contributed by atoms with Gasteiger partial charge in [-0.15, -0.1) is 0 Å². The van der Waals surface area contributed by atoms with E-state index in [0.29, 0.717) is 29.4 Å². The average molecular weight is 424 g/mol. The molecule has 0 unspecified atom stereocenters. The Bertz CT molecular complexity index is 959. The summed E-state index contributed by atoms with van der Waals surface area (Å²) in [6, 6.07) is 10.8. The van der Waals surface area contributed by atoms with Gasteiger partial charge in [-0.05, 0) is 42.2 Å². The second-order valence-corrected chi connectivity index (χ2v) is 7.86. The van der Waals surface area contributed by atoms with Crippen molar-refractivity contribution in [2.24, 2.45) is 0 Å². The Morgan fingerprint density at radius 2 is 1.65 bits per heavy atom. The van der Waals surface area contributed by atoms with E-state index in [1.54, 1.807) is 26.2 Å². The number of amides is 2. The van der Waals surface area contributed by atoms with E-state index in [1.807, 2.05) is 41.3 Å². The van der Waals surface area contributed by atoms with Crippen LogP contribution in [0.5, 0.6) is 17.2 Å². The van der Waals surface area contributed by atoms with Gasteiger partial charge in [-0.25, -0.2) is 0 Å². The largest absolute Gasteiger partial charge is 0.493 e. The summed E-state index contributed by atoms with van der Waals surface area (Å²) in [5.41, 5.74) is 2.44. The summed E-state index contributed by atoms with van der Waals surface area (Å²) in [7, 11) is 4.67. The van der Waals surface area contributed by atoms with Gasteiger partial charge in [-0.3, -0.25) is 9.59 Å². The van der Waals surface area contributed by atoms with Gasteiger partial charge in [0.15, 0.2) is 11.5 Å². The molecule has 0 aromatic heterocycles. The zero-order valence-corrected chi connectivity index (χ0v) is 18.2. The Morgan fingerprint density at radius 1 is 1.00 bits per heavy atom. The smallest absolute Gasteiger partial charge is 0.255 e. The van der Waals surface area contributed by atoms with Crippen LogP contribution >= 0.6 is 0 Å². The highest BCUT2D eigenvalue weighted by Crippen LogP contribution is 2.43. The first-order chi connectivity index (χ1) is 15.1. The molecule has 0 N–H and O–H groups in total. The molecule has 7 heteroatoms. The van der Waals surface area contributed by atoms with Crippen molar-refractivity contribution in [2.75, 3.05) is 34.4 Å². The number of rotatable bonds is 7. The van der Waals surface area contributed by atoms with Crippen LogP contribution in [0, 0.1) is 0 Å². The van der Waals surface area contributed by atoms with Crippen molar-refractivity contribution in [1.82, 2.24) is 9.80 Å². The molecule has 2 amide bonds. The Kier molecular flexibility index (Phi) is 6.02. The summed E-state index contributed by atoms with van der Waals surface area (Å²) in [4.78, 5) is 30.0. The zero-order chi connectivity index (χ0) is 22.0. The molecule has 4 rings (SSSR count). The standard InChI is InChI=1S/C24H28N2O5/c1-29-20-12-17(13-21(30-2)23(20)31-3)19(14-22(27)25-10-6-7-11-25)26-15-16-8-4-5-9-18(16)24(26)28/h4-5,8-9,12-13,19H,6-7,10-11,14-15H2,1-3H3/t19-/m1/s1. The molecule has 0 saturated carbocycles. The van der Waals surface area contributed by atoms with E-state index >= 15 is 0 Å². The number of hydrogen-bond donors (Lipinski definition) is 0. The molecule has 164 valence electrons. The molecule has 0 radical (unpaired) electrons. The number of ether oxygens (including phenoxy) is 3. The number of methoxy groups -OCH3 is 3. The lowest BCUT2D eigenvalue weighted by Gasteiger charge is -2.30. The van der Waals surface area contributed by atoms with Crippen LogP contribution in [0.3, 0.4) is 0 Å². The lowest BCUT2D eigenvalue weighted by Crippen LogP contribution is -2.35.